The number of rotatable bonds is 3. The lowest BCUT2D eigenvalue weighted by Gasteiger charge is -2.23. The van der Waals surface area contributed by atoms with Gasteiger partial charge in [0.2, 0.25) is 0 Å². The Balaban J connectivity index is 1.83. The second kappa shape index (κ2) is 8.18. The van der Waals surface area contributed by atoms with E-state index in [1.807, 2.05) is 45.9 Å². The number of likely N-dealkylation sites (tertiary alicyclic amines) is 1. The molecule has 0 radical (unpaired) electrons. The van der Waals surface area contributed by atoms with Crippen molar-refractivity contribution in [1.82, 2.24) is 20.5 Å². The second-order valence-corrected chi connectivity index (χ2v) is 7.25. The van der Waals surface area contributed by atoms with Gasteiger partial charge in [0, 0.05) is 25.8 Å². The van der Waals surface area contributed by atoms with Gasteiger partial charge in [0.15, 0.2) is 5.96 Å². The Morgan fingerprint density at radius 3 is 2.84 bits per heavy atom. The summed E-state index contributed by atoms with van der Waals surface area (Å²) in [6, 6.07) is 6.03. The summed E-state index contributed by atoms with van der Waals surface area (Å²) in [5.74, 6) is 0.816. The summed E-state index contributed by atoms with van der Waals surface area (Å²) in [5.41, 5.74) is 1.49. The average molecular weight is 347 g/mol. The smallest absolute Gasteiger partial charge is 0.407 e. The average Bonchev–Trinajstić information content (AvgIpc) is 2.94. The highest BCUT2D eigenvalue weighted by molar-refractivity contribution is 5.80. The molecule has 138 valence electrons. The van der Waals surface area contributed by atoms with Crippen LogP contribution >= 0.6 is 0 Å². The molecule has 7 nitrogen and oxygen atoms in total. The van der Waals surface area contributed by atoms with Crippen LogP contribution in [0.25, 0.3) is 0 Å². The molecule has 0 bridgehead atoms. The second-order valence-electron chi connectivity index (χ2n) is 7.25. The normalized spacial score (nSPS) is 18.2. The van der Waals surface area contributed by atoms with Crippen LogP contribution in [0.15, 0.2) is 23.2 Å². The van der Waals surface area contributed by atoms with Crippen LogP contribution < -0.4 is 10.6 Å². The zero-order valence-corrected chi connectivity index (χ0v) is 15.8. The first-order valence-electron chi connectivity index (χ1n) is 8.64. The standard InChI is InChI=1S/C18H29N5O2/c1-13-7-6-8-14(21-13)11-20-16(19-5)23-10-9-15(12-23)22-17(24)25-18(2,3)4/h6-8,15H,9-12H2,1-5H3,(H,19,20)(H,22,24). The van der Waals surface area contributed by atoms with Gasteiger partial charge in [-0.1, -0.05) is 6.07 Å². The molecule has 25 heavy (non-hydrogen) atoms. The lowest BCUT2D eigenvalue weighted by atomic mass is 10.2. The fourth-order valence-corrected chi connectivity index (χ4v) is 2.74. The Labute approximate surface area is 149 Å². The first kappa shape index (κ1) is 19.0. The Bertz CT molecular complexity index is 624. The number of amides is 1. The van der Waals surface area contributed by atoms with Crippen LogP contribution in [0.1, 0.15) is 38.6 Å². The summed E-state index contributed by atoms with van der Waals surface area (Å²) in [6.45, 7) is 9.72. The van der Waals surface area contributed by atoms with E-state index in [4.69, 9.17) is 4.74 Å². The fraction of sp³-hybridized carbons (Fsp3) is 0.611. The number of hydrogen-bond donors (Lipinski definition) is 2. The molecular formula is C18H29N5O2. The van der Waals surface area contributed by atoms with E-state index < -0.39 is 5.60 Å². The minimum Gasteiger partial charge on any atom is -0.444 e. The number of carbonyl (C=O) groups excluding carboxylic acids is 1. The van der Waals surface area contributed by atoms with Crippen molar-refractivity contribution in [3.8, 4) is 0 Å². The quantitative estimate of drug-likeness (QED) is 0.646. The molecule has 0 spiro atoms. The number of aromatic nitrogens is 1. The number of guanidine groups is 1. The van der Waals surface area contributed by atoms with E-state index in [1.54, 1.807) is 7.05 Å². The van der Waals surface area contributed by atoms with Gasteiger partial charge in [0.25, 0.3) is 0 Å². The van der Waals surface area contributed by atoms with Crippen LogP contribution in [0.4, 0.5) is 4.79 Å². The molecule has 7 heteroatoms. The van der Waals surface area contributed by atoms with Crippen molar-refractivity contribution in [2.24, 2.45) is 4.99 Å². The predicted octanol–water partition coefficient (Wildman–Crippen LogP) is 2.06. The minimum atomic E-state index is -0.485. The van der Waals surface area contributed by atoms with E-state index in [-0.39, 0.29) is 12.1 Å². The third-order valence-electron chi connectivity index (χ3n) is 3.79. The number of nitrogens with zero attached hydrogens (tertiary/aromatic N) is 3. The number of aliphatic imine (C=N–C) groups is 1. The van der Waals surface area contributed by atoms with Crippen molar-refractivity contribution in [3.63, 3.8) is 0 Å². The zero-order chi connectivity index (χ0) is 18.4. The van der Waals surface area contributed by atoms with Crippen LogP contribution in [0.2, 0.25) is 0 Å². The maximum atomic E-state index is 11.9. The highest BCUT2D eigenvalue weighted by Crippen LogP contribution is 2.12. The van der Waals surface area contributed by atoms with Gasteiger partial charge in [-0.25, -0.2) is 4.79 Å². The molecule has 1 aliphatic rings. The van der Waals surface area contributed by atoms with E-state index >= 15 is 0 Å². The summed E-state index contributed by atoms with van der Waals surface area (Å²) in [6.07, 6.45) is 0.495. The number of ether oxygens (including phenoxy) is 1. The monoisotopic (exact) mass is 347 g/mol. The first-order valence-corrected chi connectivity index (χ1v) is 8.64. The lowest BCUT2D eigenvalue weighted by molar-refractivity contribution is 0.0507. The molecule has 0 saturated carbocycles. The molecule has 0 aromatic carbocycles. The molecule has 1 amide bonds. The lowest BCUT2D eigenvalue weighted by Crippen LogP contribution is -2.44. The molecule has 1 fully saturated rings. The van der Waals surface area contributed by atoms with Gasteiger partial charge in [-0.15, -0.1) is 0 Å². The van der Waals surface area contributed by atoms with Gasteiger partial charge in [-0.05, 0) is 46.2 Å². The zero-order valence-electron chi connectivity index (χ0n) is 15.8. The summed E-state index contributed by atoms with van der Waals surface area (Å²) in [7, 11) is 1.76. The number of nitrogens with one attached hydrogen (secondary N) is 2. The maximum absolute atomic E-state index is 11.9. The predicted molar refractivity (Wildman–Crippen MR) is 98.5 cm³/mol. The molecule has 1 aliphatic heterocycles. The summed E-state index contributed by atoms with van der Waals surface area (Å²) >= 11 is 0. The van der Waals surface area contributed by atoms with Crippen LogP contribution in [-0.4, -0.2) is 53.7 Å². The summed E-state index contributed by atoms with van der Waals surface area (Å²) < 4.78 is 5.32. The molecular weight excluding hydrogens is 318 g/mol. The SMILES string of the molecule is CN=C(NCc1cccc(C)n1)N1CCC(NC(=O)OC(C)(C)C)C1. The van der Waals surface area contributed by atoms with Gasteiger partial charge < -0.3 is 20.3 Å². The Morgan fingerprint density at radius 2 is 2.20 bits per heavy atom. The van der Waals surface area contributed by atoms with E-state index in [2.05, 4.69) is 25.5 Å². The molecule has 2 heterocycles. The van der Waals surface area contributed by atoms with Crippen molar-refractivity contribution < 1.29 is 9.53 Å². The Hall–Kier alpha value is -2.31. The number of alkyl carbamates (subject to hydrolysis) is 1. The van der Waals surface area contributed by atoms with Crippen LogP contribution in [0.3, 0.4) is 0 Å². The van der Waals surface area contributed by atoms with Crippen molar-refractivity contribution >= 4 is 12.1 Å². The van der Waals surface area contributed by atoms with Gasteiger partial charge in [0.1, 0.15) is 5.60 Å². The van der Waals surface area contributed by atoms with Gasteiger partial charge >= 0.3 is 6.09 Å². The number of pyridine rings is 1. The van der Waals surface area contributed by atoms with Gasteiger partial charge in [-0.3, -0.25) is 9.98 Å². The molecule has 1 aromatic heterocycles. The first-order chi connectivity index (χ1) is 11.8. The van der Waals surface area contributed by atoms with E-state index in [0.29, 0.717) is 13.1 Å². The highest BCUT2D eigenvalue weighted by atomic mass is 16.6. The Morgan fingerprint density at radius 1 is 1.44 bits per heavy atom. The minimum absolute atomic E-state index is 0.0606. The number of hydrogen-bond acceptors (Lipinski definition) is 4. The topological polar surface area (TPSA) is 78.9 Å². The molecule has 0 aliphatic carbocycles. The van der Waals surface area contributed by atoms with Crippen molar-refractivity contribution in [3.05, 3.63) is 29.6 Å². The van der Waals surface area contributed by atoms with Crippen LogP contribution in [-0.2, 0) is 11.3 Å². The molecule has 2 rings (SSSR count). The van der Waals surface area contributed by atoms with E-state index in [0.717, 1.165) is 30.3 Å². The molecule has 1 unspecified atom stereocenters. The van der Waals surface area contributed by atoms with Crippen LogP contribution in [0, 0.1) is 6.92 Å². The van der Waals surface area contributed by atoms with E-state index in [9.17, 15) is 4.79 Å². The fourth-order valence-electron chi connectivity index (χ4n) is 2.74. The summed E-state index contributed by atoms with van der Waals surface area (Å²) in [4.78, 5) is 22.9. The molecule has 1 aromatic rings. The largest absolute Gasteiger partial charge is 0.444 e. The van der Waals surface area contributed by atoms with Crippen molar-refractivity contribution in [1.29, 1.82) is 0 Å². The third kappa shape index (κ3) is 6.25. The number of carbonyl (C=O) groups is 1. The third-order valence-corrected chi connectivity index (χ3v) is 3.79. The van der Waals surface area contributed by atoms with Crippen LogP contribution in [0.5, 0.6) is 0 Å². The van der Waals surface area contributed by atoms with Gasteiger partial charge in [-0.2, -0.15) is 0 Å². The van der Waals surface area contributed by atoms with Gasteiger partial charge in [0.05, 0.1) is 18.3 Å². The Kier molecular flexibility index (Phi) is 6.22. The van der Waals surface area contributed by atoms with Crippen molar-refractivity contribution in [2.75, 3.05) is 20.1 Å². The summed E-state index contributed by atoms with van der Waals surface area (Å²) in [5, 5.41) is 6.26. The highest BCUT2D eigenvalue weighted by Gasteiger charge is 2.27. The molecule has 1 atom stereocenters. The molecule has 2 N–H and O–H groups in total. The maximum Gasteiger partial charge on any atom is 0.407 e. The number of aryl methyl sites for hydroxylation is 1. The molecule has 1 saturated heterocycles. The van der Waals surface area contributed by atoms with Crippen molar-refractivity contribution in [2.45, 2.75) is 52.3 Å². The van der Waals surface area contributed by atoms with E-state index in [1.165, 1.54) is 0 Å².